The van der Waals surface area contributed by atoms with Gasteiger partial charge in [-0.3, -0.25) is 0 Å². The summed E-state index contributed by atoms with van der Waals surface area (Å²) < 4.78 is 17.9. The van der Waals surface area contributed by atoms with Crippen LogP contribution in [0.2, 0.25) is 0 Å². The third-order valence-electron chi connectivity index (χ3n) is 5.96. The maximum Gasteiger partial charge on any atom is 0.496 e. The highest BCUT2D eigenvalue weighted by molar-refractivity contribution is 6.64. The van der Waals surface area contributed by atoms with Crippen molar-refractivity contribution in [3.8, 4) is 0 Å². The number of nitrogens with two attached hydrogens (primary N) is 1. The van der Waals surface area contributed by atoms with Crippen molar-refractivity contribution in [1.82, 2.24) is 4.90 Å². The second-order valence-electron chi connectivity index (χ2n) is 9.85. The van der Waals surface area contributed by atoms with Crippen molar-refractivity contribution in [1.29, 1.82) is 0 Å². The van der Waals surface area contributed by atoms with E-state index >= 15 is 0 Å². The van der Waals surface area contributed by atoms with Gasteiger partial charge in [-0.1, -0.05) is 18.2 Å². The lowest BCUT2D eigenvalue weighted by molar-refractivity contribution is 0.00578. The third kappa shape index (κ3) is 4.01. The van der Waals surface area contributed by atoms with Crippen LogP contribution in [0.1, 0.15) is 66.4 Å². The number of hydrogen-bond acceptors (Lipinski definition) is 5. The van der Waals surface area contributed by atoms with Crippen LogP contribution in [0.15, 0.2) is 18.2 Å². The maximum absolute atomic E-state index is 12.4. The zero-order valence-electron chi connectivity index (χ0n) is 18.2. The van der Waals surface area contributed by atoms with Crippen molar-refractivity contribution in [3.63, 3.8) is 0 Å². The number of carbonyl (C=O) groups excluding carboxylic acids is 1. The predicted molar refractivity (Wildman–Crippen MR) is 112 cm³/mol. The molecule has 0 aliphatic carbocycles. The van der Waals surface area contributed by atoms with Gasteiger partial charge < -0.3 is 24.7 Å². The number of ether oxygens (including phenoxy) is 1. The predicted octanol–water partition coefficient (Wildman–Crippen LogP) is 3.29. The summed E-state index contributed by atoms with van der Waals surface area (Å²) in [5.74, 6) is 0.176. The van der Waals surface area contributed by atoms with Crippen molar-refractivity contribution in [3.05, 3.63) is 23.8 Å². The van der Waals surface area contributed by atoms with Gasteiger partial charge in [0.15, 0.2) is 0 Å². The number of carbonyl (C=O) groups is 1. The van der Waals surface area contributed by atoms with E-state index in [0.29, 0.717) is 18.8 Å². The molecule has 0 radical (unpaired) electrons. The first kappa shape index (κ1) is 21.0. The average Bonchev–Trinajstić information content (AvgIpc) is 3.09. The fourth-order valence-electron chi connectivity index (χ4n) is 3.64. The summed E-state index contributed by atoms with van der Waals surface area (Å²) in [6.45, 7) is 15.0. The van der Waals surface area contributed by atoms with Crippen LogP contribution in [0.4, 0.5) is 10.5 Å². The molecular weight excluding hydrogens is 355 g/mol. The van der Waals surface area contributed by atoms with Gasteiger partial charge in [-0.15, -0.1) is 0 Å². The summed E-state index contributed by atoms with van der Waals surface area (Å²) in [4.78, 5) is 14.1. The fourth-order valence-corrected chi connectivity index (χ4v) is 3.64. The molecule has 2 fully saturated rings. The minimum atomic E-state index is -0.495. The van der Waals surface area contributed by atoms with Gasteiger partial charge in [-0.2, -0.15) is 0 Å². The van der Waals surface area contributed by atoms with Gasteiger partial charge in [-0.05, 0) is 60.5 Å². The zero-order chi connectivity index (χ0) is 20.9. The number of nitrogen functional groups attached to an aromatic ring is 1. The van der Waals surface area contributed by atoms with Gasteiger partial charge in [-0.25, -0.2) is 4.79 Å². The largest absolute Gasteiger partial charge is 0.496 e. The second-order valence-corrected chi connectivity index (χ2v) is 9.85. The lowest BCUT2D eigenvalue weighted by atomic mass is 9.75. The molecule has 0 spiro atoms. The first-order chi connectivity index (χ1) is 12.8. The van der Waals surface area contributed by atoms with E-state index in [2.05, 4.69) is 0 Å². The van der Waals surface area contributed by atoms with E-state index in [9.17, 15) is 4.79 Å². The molecule has 0 saturated carbocycles. The van der Waals surface area contributed by atoms with Crippen LogP contribution >= 0.6 is 0 Å². The van der Waals surface area contributed by atoms with E-state index in [1.54, 1.807) is 4.90 Å². The first-order valence-electron chi connectivity index (χ1n) is 10.0. The normalized spacial score (nSPS) is 23.9. The van der Waals surface area contributed by atoms with Crippen LogP contribution in [0.25, 0.3) is 0 Å². The molecule has 0 bridgehead atoms. The molecule has 28 heavy (non-hydrogen) atoms. The Hall–Kier alpha value is -1.73. The SMILES string of the molecule is CC(C)(C)OC(=O)N1CCC(c2cccc(B3OC(C)(C)C(C)(C)O3)c2N)C1. The Bertz CT molecular complexity index is 741. The van der Waals surface area contributed by atoms with Gasteiger partial charge in [0, 0.05) is 30.2 Å². The Kier molecular flexibility index (Phi) is 5.22. The molecule has 2 aliphatic heterocycles. The number of hydrogen-bond donors (Lipinski definition) is 1. The molecule has 1 atom stereocenters. The van der Waals surface area contributed by atoms with Gasteiger partial charge >= 0.3 is 13.2 Å². The van der Waals surface area contributed by atoms with Crippen molar-refractivity contribution < 1.29 is 18.8 Å². The van der Waals surface area contributed by atoms with Crippen LogP contribution < -0.4 is 11.2 Å². The second kappa shape index (κ2) is 6.96. The lowest BCUT2D eigenvalue weighted by Crippen LogP contribution is -2.41. The van der Waals surface area contributed by atoms with Crippen LogP contribution in [-0.4, -0.2) is 48.0 Å². The van der Waals surface area contributed by atoms with Crippen LogP contribution in [0, 0.1) is 0 Å². The van der Waals surface area contributed by atoms with E-state index < -0.39 is 23.9 Å². The van der Waals surface area contributed by atoms with Gasteiger partial charge in [0.05, 0.1) is 11.2 Å². The quantitative estimate of drug-likeness (QED) is 0.622. The van der Waals surface area contributed by atoms with Crippen molar-refractivity contribution in [2.45, 2.75) is 77.6 Å². The standard InChI is InChI=1S/C21H33BN2O4/c1-19(2,3)26-18(25)24-12-11-14(13-24)15-9-8-10-16(17(15)23)22-27-20(4,5)21(6,7)28-22/h8-10,14H,11-13,23H2,1-7H3. The summed E-state index contributed by atoms with van der Waals surface area (Å²) in [5, 5.41) is 0. The smallest absolute Gasteiger partial charge is 0.444 e. The Balaban J connectivity index is 1.77. The van der Waals surface area contributed by atoms with E-state index in [1.165, 1.54) is 0 Å². The molecule has 0 aromatic heterocycles. The third-order valence-corrected chi connectivity index (χ3v) is 5.96. The molecule has 6 nitrogen and oxygen atoms in total. The molecule has 154 valence electrons. The first-order valence-corrected chi connectivity index (χ1v) is 10.0. The average molecular weight is 388 g/mol. The summed E-state index contributed by atoms with van der Waals surface area (Å²) in [5.41, 5.74) is 7.81. The molecular formula is C21H33BN2O4. The number of amides is 1. The molecule has 1 aromatic rings. The van der Waals surface area contributed by atoms with Crippen molar-refractivity contribution in [2.24, 2.45) is 0 Å². The molecule has 7 heteroatoms. The Morgan fingerprint density at radius 1 is 1.21 bits per heavy atom. The summed E-state index contributed by atoms with van der Waals surface area (Å²) >= 11 is 0. The highest BCUT2D eigenvalue weighted by Crippen LogP contribution is 2.38. The van der Waals surface area contributed by atoms with Crippen LogP contribution in [-0.2, 0) is 14.0 Å². The molecule has 2 aliphatic rings. The van der Waals surface area contributed by atoms with Crippen LogP contribution in [0.3, 0.4) is 0 Å². The minimum absolute atomic E-state index is 0.176. The molecule has 1 unspecified atom stereocenters. The van der Waals surface area contributed by atoms with Gasteiger partial charge in [0.2, 0.25) is 0 Å². The summed E-state index contributed by atoms with van der Waals surface area (Å²) in [6.07, 6.45) is 0.590. The van der Waals surface area contributed by atoms with Gasteiger partial charge in [0.25, 0.3) is 0 Å². The molecule has 2 heterocycles. The maximum atomic E-state index is 12.4. The van der Waals surface area contributed by atoms with E-state index in [-0.39, 0.29) is 12.0 Å². The number of anilines is 1. The highest BCUT2D eigenvalue weighted by Gasteiger charge is 2.52. The Labute approximate surface area is 168 Å². The Morgan fingerprint density at radius 3 is 2.39 bits per heavy atom. The number of likely N-dealkylation sites (tertiary alicyclic amines) is 1. The zero-order valence-corrected chi connectivity index (χ0v) is 18.2. The Morgan fingerprint density at radius 2 is 1.82 bits per heavy atom. The fraction of sp³-hybridized carbons (Fsp3) is 0.667. The topological polar surface area (TPSA) is 74.0 Å². The molecule has 2 saturated heterocycles. The van der Waals surface area contributed by atoms with Gasteiger partial charge in [0.1, 0.15) is 5.60 Å². The summed E-state index contributed by atoms with van der Waals surface area (Å²) in [6, 6.07) is 5.98. The highest BCUT2D eigenvalue weighted by atomic mass is 16.7. The van der Waals surface area contributed by atoms with Crippen molar-refractivity contribution >= 4 is 24.4 Å². The minimum Gasteiger partial charge on any atom is -0.444 e. The molecule has 3 rings (SSSR count). The molecule has 1 aromatic carbocycles. The van der Waals surface area contributed by atoms with E-state index in [1.807, 2.05) is 66.7 Å². The lowest BCUT2D eigenvalue weighted by Gasteiger charge is -2.32. The van der Waals surface area contributed by atoms with Crippen molar-refractivity contribution in [2.75, 3.05) is 18.8 Å². The van der Waals surface area contributed by atoms with E-state index in [4.69, 9.17) is 19.8 Å². The summed E-state index contributed by atoms with van der Waals surface area (Å²) in [7, 11) is -0.492. The monoisotopic (exact) mass is 388 g/mol. The number of benzene rings is 1. The van der Waals surface area contributed by atoms with E-state index in [0.717, 1.165) is 17.4 Å². The molecule has 2 N–H and O–H groups in total. The number of nitrogens with zero attached hydrogens (tertiary/aromatic N) is 1. The number of rotatable bonds is 2. The van der Waals surface area contributed by atoms with Crippen LogP contribution in [0.5, 0.6) is 0 Å². The molecule has 1 amide bonds. The number of para-hydroxylation sites is 1.